The molecule has 156 valence electrons. The highest BCUT2D eigenvalue weighted by Gasteiger charge is 2.44. The maximum absolute atomic E-state index is 10.1. The number of aliphatic hydroxyl groups excluding tert-OH is 4. The molecule has 0 amide bonds. The fourth-order valence-electron chi connectivity index (χ4n) is 2.93. The van der Waals surface area contributed by atoms with Gasteiger partial charge in [-0.3, -0.25) is 0 Å². The van der Waals surface area contributed by atoms with E-state index in [4.69, 9.17) is 9.47 Å². The van der Waals surface area contributed by atoms with Crippen LogP contribution in [0.2, 0.25) is 0 Å². The predicted octanol–water partition coefficient (Wildman–Crippen LogP) is 0.152. The lowest BCUT2D eigenvalue weighted by Gasteiger charge is -2.39. The summed E-state index contributed by atoms with van der Waals surface area (Å²) in [7, 11) is 0. The third-order valence-electron chi connectivity index (χ3n) is 4.48. The van der Waals surface area contributed by atoms with Gasteiger partial charge in [0.15, 0.2) is 0 Å². The quantitative estimate of drug-likeness (QED) is 0.343. The van der Waals surface area contributed by atoms with Crippen molar-refractivity contribution in [3.63, 3.8) is 0 Å². The lowest BCUT2D eigenvalue weighted by molar-refractivity contribution is -0.277. The topological polar surface area (TPSA) is 160 Å². The van der Waals surface area contributed by atoms with Gasteiger partial charge in [-0.15, -0.1) is 0 Å². The van der Waals surface area contributed by atoms with E-state index in [1.54, 1.807) is 12.2 Å². The Morgan fingerprint density at radius 3 is 2.31 bits per heavy atom. The standard InChI is InChI=1S/C20H22O9/c21-9-16-17(25)18(26)19(27)20(29-16)28-14-6-10(5-13(23)7-14)1-2-11-3-4-12(22)8-15(11)24/h1-8,16-27H,9H2/b2-1+. The first-order valence-corrected chi connectivity index (χ1v) is 8.80. The number of aliphatic hydroxyl groups is 4. The summed E-state index contributed by atoms with van der Waals surface area (Å²) in [5, 5.41) is 68.0. The number of phenols is 3. The van der Waals surface area contributed by atoms with Gasteiger partial charge in [0.25, 0.3) is 0 Å². The van der Waals surface area contributed by atoms with Crippen LogP contribution in [0.25, 0.3) is 12.2 Å². The Hall–Kier alpha value is -2.82. The fourth-order valence-corrected chi connectivity index (χ4v) is 2.93. The molecule has 0 saturated carbocycles. The third kappa shape index (κ3) is 4.78. The summed E-state index contributed by atoms with van der Waals surface area (Å²) >= 11 is 0. The molecule has 5 atom stereocenters. The van der Waals surface area contributed by atoms with Gasteiger partial charge in [0.2, 0.25) is 6.29 Å². The molecule has 1 heterocycles. The minimum Gasteiger partial charge on any atom is -0.508 e. The van der Waals surface area contributed by atoms with Crippen molar-refractivity contribution in [1.82, 2.24) is 0 Å². The second-order valence-corrected chi connectivity index (χ2v) is 6.65. The molecule has 0 spiro atoms. The second kappa shape index (κ2) is 8.68. The molecule has 2 aromatic carbocycles. The van der Waals surface area contributed by atoms with Gasteiger partial charge in [0.1, 0.15) is 47.4 Å². The van der Waals surface area contributed by atoms with Gasteiger partial charge in [0, 0.05) is 17.7 Å². The number of hydrogen-bond donors (Lipinski definition) is 7. The van der Waals surface area contributed by atoms with Crippen molar-refractivity contribution in [2.45, 2.75) is 30.7 Å². The van der Waals surface area contributed by atoms with E-state index in [-0.39, 0.29) is 23.0 Å². The van der Waals surface area contributed by atoms with Crippen LogP contribution in [-0.4, -0.2) is 73.1 Å². The van der Waals surface area contributed by atoms with E-state index in [1.807, 2.05) is 0 Å². The van der Waals surface area contributed by atoms with Gasteiger partial charge in [-0.25, -0.2) is 0 Å². The smallest absolute Gasteiger partial charge is 0.229 e. The van der Waals surface area contributed by atoms with Gasteiger partial charge >= 0.3 is 0 Å². The molecular formula is C20H22O9. The fraction of sp³-hybridized carbons (Fsp3) is 0.300. The lowest BCUT2D eigenvalue weighted by Crippen LogP contribution is -2.60. The van der Waals surface area contributed by atoms with Crippen LogP contribution in [0.3, 0.4) is 0 Å². The zero-order valence-corrected chi connectivity index (χ0v) is 15.2. The van der Waals surface area contributed by atoms with Crippen molar-refractivity contribution >= 4 is 12.2 Å². The van der Waals surface area contributed by atoms with Gasteiger partial charge in [-0.05, 0) is 29.8 Å². The first-order chi connectivity index (χ1) is 13.8. The maximum Gasteiger partial charge on any atom is 0.229 e. The molecule has 0 aromatic heterocycles. The molecule has 1 aliphatic heterocycles. The van der Waals surface area contributed by atoms with E-state index in [9.17, 15) is 35.7 Å². The molecule has 5 unspecified atom stereocenters. The average molecular weight is 406 g/mol. The number of hydrogen-bond acceptors (Lipinski definition) is 9. The molecule has 2 aromatic rings. The first-order valence-electron chi connectivity index (χ1n) is 8.80. The molecule has 1 aliphatic rings. The van der Waals surface area contributed by atoms with E-state index < -0.39 is 37.3 Å². The summed E-state index contributed by atoms with van der Waals surface area (Å²) in [5.74, 6) is -0.253. The molecule has 0 aliphatic carbocycles. The van der Waals surface area contributed by atoms with Crippen molar-refractivity contribution in [3.8, 4) is 23.0 Å². The van der Waals surface area contributed by atoms with Crippen LogP contribution in [-0.2, 0) is 4.74 Å². The molecule has 0 bridgehead atoms. The molecule has 9 heteroatoms. The Kier molecular flexibility index (Phi) is 6.26. The minimum absolute atomic E-state index is 0.0766. The highest BCUT2D eigenvalue weighted by Crippen LogP contribution is 2.29. The van der Waals surface area contributed by atoms with E-state index in [0.29, 0.717) is 11.1 Å². The van der Waals surface area contributed by atoms with Crippen LogP contribution in [0.4, 0.5) is 0 Å². The molecule has 29 heavy (non-hydrogen) atoms. The normalized spacial score (nSPS) is 27.2. The number of benzene rings is 2. The van der Waals surface area contributed by atoms with E-state index in [0.717, 1.165) is 0 Å². The van der Waals surface area contributed by atoms with E-state index in [2.05, 4.69) is 0 Å². The first kappa shape index (κ1) is 20.9. The molecule has 1 saturated heterocycles. The summed E-state index contributed by atoms with van der Waals surface area (Å²) < 4.78 is 10.8. The minimum atomic E-state index is -1.58. The van der Waals surface area contributed by atoms with Gasteiger partial charge in [-0.2, -0.15) is 0 Å². The van der Waals surface area contributed by atoms with Crippen LogP contribution in [0.1, 0.15) is 11.1 Å². The summed E-state index contributed by atoms with van der Waals surface area (Å²) in [6.07, 6.45) is -4.04. The Morgan fingerprint density at radius 2 is 1.62 bits per heavy atom. The molecule has 7 N–H and O–H groups in total. The van der Waals surface area contributed by atoms with Gasteiger partial charge in [-0.1, -0.05) is 12.2 Å². The number of ether oxygens (including phenoxy) is 2. The SMILES string of the molecule is OCC1OC(Oc2cc(O)cc(/C=C/c3ccc(O)cc3O)c2)C(O)C(O)C1O. The van der Waals surface area contributed by atoms with Crippen LogP contribution in [0.5, 0.6) is 23.0 Å². The van der Waals surface area contributed by atoms with E-state index in [1.165, 1.54) is 36.4 Å². The van der Waals surface area contributed by atoms with Crippen molar-refractivity contribution in [2.24, 2.45) is 0 Å². The van der Waals surface area contributed by atoms with Crippen molar-refractivity contribution in [3.05, 3.63) is 47.5 Å². The highest BCUT2D eigenvalue weighted by molar-refractivity contribution is 5.73. The van der Waals surface area contributed by atoms with E-state index >= 15 is 0 Å². The Balaban J connectivity index is 1.79. The average Bonchev–Trinajstić information content (AvgIpc) is 2.67. The largest absolute Gasteiger partial charge is 0.508 e. The Morgan fingerprint density at radius 1 is 0.862 bits per heavy atom. The molecular weight excluding hydrogens is 384 g/mol. The number of phenolic OH excluding ortho intramolecular Hbond substituents is 3. The Labute approximate surface area is 165 Å². The molecule has 1 fully saturated rings. The summed E-state index contributed by atoms with van der Waals surface area (Å²) in [6, 6.07) is 8.31. The third-order valence-corrected chi connectivity index (χ3v) is 4.48. The monoisotopic (exact) mass is 406 g/mol. The number of aromatic hydroxyl groups is 3. The lowest BCUT2D eigenvalue weighted by atomic mass is 9.99. The second-order valence-electron chi connectivity index (χ2n) is 6.65. The Bertz CT molecular complexity index is 880. The van der Waals surface area contributed by atoms with Crippen molar-refractivity contribution < 1.29 is 45.2 Å². The zero-order chi connectivity index (χ0) is 21.1. The van der Waals surface area contributed by atoms with Crippen LogP contribution in [0, 0.1) is 0 Å². The van der Waals surface area contributed by atoms with Gasteiger partial charge in [0.05, 0.1) is 6.61 Å². The van der Waals surface area contributed by atoms with Gasteiger partial charge < -0.3 is 45.2 Å². The highest BCUT2D eigenvalue weighted by atomic mass is 16.7. The maximum atomic E-state index is 10.1. The summed E-state index contributed by atoms with van der Waals surface area (Å²) in [6.45, 7) is -0.588. The van der Waals surface area contributed by atoms with Crippen LogP contribution in [0.15, 0.2) is 36.4 Å². The van der Waals surface area contributed by atoms with Crippen molar-refractivity contribution in [2.75, 3.05) is 6.61 Å². The number of rotatable bonds is 5. The van der Waals surface area contributed by atoms with Crippen LogP contribution < -0.4 is 4.74 Å². The summed E-state index contributed by atoms with van der Waals surface area (Å²) in [5.41, 5.74) is 0.916. The molecule has 3 rings (SSSR count). The molecule has 9 nitrogen and oxygen atoms in total. The molecule has 0 radical (unpaired) electrons. The van der Waals surface area contributed by atoms with Crippen LogP contribution >= 0.6 is 0 Å². The zero-order valence-electron chi connectivity index (χ0n) is 15.2. The van der Waals surface area contributed by atoms with Crippen molar-refractivity contribution in [1.29, 1.82) is 0 Å². The predicted molar refractivity (Wildman–Crippen MR) is 101 cm³/mol. The summed E-state index contributed by atoms with van der Waals surface area (Å²) in [4.78, 5) is 0.